The van der Waals surface area contributed by atoms with Gasteiger partial charge in [-0.1, -0.05) is 0 Å². The number of nitrogens with one attached hydrogen (secondary N) is 1. The highest BCUT2D eigenvalue weighted by Gasteiger charge is 2.46. The lowest BCUT2D eigenvalue weighted by molar-refractivity contribution is -0.174. The highest BCUT2D eigenvalue weighted by atomic mass is 19.4. The van der Waals surface area contributed by atoms with E-state index < -0.39 is 24.2 Å². The van der Waals surface area contributed by atoms with Gasteiger partial charge in [-0.2, -0.15) is 13.2 Å². The standard InChI is InChI=1S/C10H13F3N2O3/c11-10(12,13)8(16)14-5-3-6-1-2-7(4-5)15(6)9(17)18/h5-7H,1-4H2,(H,14,16)(H,17,18)/t5?,6-,7+. The van der Waals surface area contributed by atoms with Gasteiger partial charge in [0, 0.05) is 18.1 Å². The van der Waals surface area contributed by atoms with E-state index in [2.05, 4.69) is 0 Å². The van der Waals surface area contributed by atoms with Crippen LogP contribution < -0.4 is 5.32 Å². The van der Waals surface area contributed by atoms with Crippen molar-refractivity contribution in [2.45, 2.75) is 50.0 Å². The number of carbonyl (C=O) groups excluding carboxylic acids is 1. The second-order valence-electron chi connectivity index (χ2n) is 4.71. The molecule has 0 saturated carbocycles. The number of fused-ring (bicyclic) bond motifs is 2. The quantitative estimate of drug-likeness (QED) is 0.752. The van der Waals surface area contributed by atoms with Crippen LogP contribution in [0, 0.1) is 0 Å². The molecule has 2 N–H and O–H groups in total. The van der Waals surface area contributed by atoms with Crippen LogP contribution in [-0.4, -0.2) is 46.3 Å². The number of carbonyl (C=O) groups is 2. The maximum absolute atomic E-state index is 12.1. The van der Waals surface area contributed by atoms with E-state index in [1.54, 1.807) is 0 Å². The third-order valence-electron chi connectivity index (χ3n) is 3.55. The molecule has 0 aliphatic carbocycles. The van der Waals surface area contributed by atoms with Crippen molar-refractivity contribution >= 4 is 12.0 Å². The van der Waals surface area contributed by atoms with Crippen LogP contribution >= 0.6 is 0 Å². The molecule has 102 valence electrons. The van der Waals surface area contributed by atoms with Crippen molar-refractivity contribution in [2.24, 2.45) is 0 Å². The normalized spacial score (nSPS) is 31.3. The van der Waals surface area contributed by atoms with Crippen LogP contribution in [0.5, 0.6) is 0 Å². The maximum Gasteiger partial charge on any atom is 0.471 e. The maximum atomic E-state index is 12.1. The van der Waals surface area contributed by atoms with Gasteiger partial charge in [0.15, 0.2) is 0 Å². The van der Waals surface area contributed by atoms with Crippen LogP contribution in [0.15, 0.2) is 0 Å². The third kappa shape index (κ3) is 2.37. The number of rotatable bonds is 1. The molecule has 2 fully saturated rings. The molecular weight excluding hydrogens is 253 g/mol. The van der Waals surface area contributed by atoms with Crippen molar-refractivity contribution in [3.63, 3.8) is 0 Å². The van der Waals surface area contributed by atoms with E-state index in [0.29, 0.717) is 12.8 Å². The van der Waals surface area contributed by atoms with Crippen molar-refractivity contribution in [3.05, 3.63) is 0 Å². The first-order valence-corrected chi connectivity index (χ1v) is 5.68. The van der Waals surface area contributed by atoms with Crippen molar-refractivity contribution in [3.8, 4) is 0 Å². The predicted molar refractivity (Wildman–Crippen MR) is 53.9 cm³/mol. The van der Waals surface area contributed by atoms with E-state index in [0.717, 1.165) is 0 Å². The SMILES string of the molecule is O=C(O)N1[C@@H]2CC[C@H]1CC(NC(=O)C(F)(F)F)C2. The second kappa shape index (κ2) is 4.33. The van der Waals surface area contributed by atoms with Gasteiger partial charge in [0.25, 0.3) is 0 Å². The van der Waals surface area contributed by atoms with Crippen LogP contribution in [0.25, 0.3) is 0 Å². The monoisotopic (exact) mass is 266 g/mol. The topological polar surface area (TPSA) is 69.6 Å². The molecule has 5 nitrogen and oxygen atoms in total. The molecular formula is C10H13F3N2O3. The smallest absolute Gasteiger partial charge is 0.465 e. The van der Waals surface area contributed by atoms with E-state index in [9.17, 15) is 22.8 Å². The molecule has 2 rings (SSSR count). The number of hydrogen-bond donors (Lipinski definition) is 2. The molecule has 3 atom stereocenters. The molecule has 2 bridgehead atoms. The summed E-state index contributed by atoms with van der Waals surface area (Å²) in [6.45, 7) is 0. The molecule has 1 unspecified atom stereocenters. The fraction of sp³-hybridized carbons (Fsp3) is 0.800. The summed E-state index contributed by atoms with van der Waals surface area (Å²) in [7, 11) is 0. The Balaban J connectivity index is 1.97. The van der Waals surface area contributed by atoms with Crippen LogP contribution in [-0.2, 0) is 4.79 Å². The van der Waals surface area contributed by atoms with Gasteiger partial charge in [-0.25, -0.2) is 4.79 Å². The molecule has 2 aliphatic rings. The van der Waals surface area contributed by atoms with Crippen molar-refractivity contribution in [1.29, 1.82) is 0 Å². The van der Waals surface area contributed by atoms with Crippen molar-refractivity contribution in [2.75, 3.05) is 0 Å². The lowest BCUT2D eigenvalue weighted by Crippen LogP contribution is -2.53. The summed E-state index contributed by atoms with van der Waals surface area (Å²) in [6.07, 6.45) is -4.12. The average molecular weight is 266 g/mol. The first-order chi connectivity index (χ1) is 8.29. The van der Waals surface area contributed by atoms with Crippen LogP contribution in [0.4, 0.5) is 18.0 Å². The molecule has 2 aliphatic heterocycles. The minimum absolute atomic E-state index is 0.255. The Labute approximate surface area is 101 Å². The lowest BCUT2D eigenvalue weighted by Gasteiger charge is -2.37. The minimum atomic E-state index is -4.89. The summed E-state index contributed by atoms with van der Waals surface area (Å²) >= 11 is 0. The number of alkyl halides is 3. The highest BCUT2D eigenvalue weighted by molar-refractivity contribution is 5.82. The summed E-state index contributed by atoms with van der Waals surface area (Å²) < 4.78 is 36.3. The van der Waals surface area contributed by atoms with Crippen molar-refractivity contribution < 1.29 is 27.9 Å². The van der Waals surface area contributed by atoms with Gasteiger partial charge in [0.2, 0.25) is 0 Å². The Morgan fingerprint density at radius 2 is 1.67 bits per heavy atom. The lowest BCUT2D eigenvalue weighted by atomic mass is 9.98. The number of halogens is 3. The minimum Gasteiger partial charge on any atom is -0.465 e. The summed E-state index contributed by atoms with van der Waals surface area (Å²) in [4.78, 5) is 23.1. The molecule has 2 amide bonds. The van der Waals surface area contributed by atoms with E-state index in [4.69, 9.17) is 5.11 Å². The molecule has 2 heterocycles. The molecule has 0 aromatic heterocycles. The van der Waals surface area contributed by atoms with Gasteiger partial charge in [0.1, 0.15) is 0 Å². The summed E-state index contributed by atoms with van der Waals surface area (Å²) in [6, 6.07) is -1.15. The zero-order chi connectivity index (χ0) is 13.5. The van der Waals surface area contributed by atoms with E-state index in [1.807, 2.05) is 5.32 Å². The number of amides is 2. The zero-order valence-corrected chi connectivity index (χ0v) is 9.41. The van der Waals surface area contributed by atoms with E-state index in [1.165, 1.54) is 4.90 Å². The number of hydrogen-bond acceptors (Lipinski definition) is 2. The summed E-state index contributed by atoms with van der Waals surface area (Å²) in [5.74, 6) is -1.95. The molecule has 8 heteroatoms. The number of piperidine rings is 1. The largest absolute Gasteiger partial charge is 0.471 e. The molecule has 18 heavy (non-hydrogen) atoms. The van der Waals surface area contributed by atoms with Gasteiger partial charge >= 0.3 is 18.2 Å². The summed E-state index contributed by atoms with van der Waals surface area (Å²) in [5.41, 5.74) is 0. The molecule has 0 spiro atoms. The number of nitrogens with zero attached hydrogens (tertiary/aromatic N) is 1. The van der Waals surface area contributed by atoms with Gasteiger partial charge in [-0.3, -0.25) is 4.79 Å². The van der Waals surface area contributed by atoms with Crippen LogP contribution in [0.3, 0.4) is 0 Å². The Bertz CT molecular complexity index is 358. The Hall–Kier alpha value is -1.47. The highest BCUT2D eigenvalue weighted by Crippen LogP contribution is 2.35. The zero-order valence-electron chi connectivity index (χ0n) is 9.41. The Morgan fingerprint density at radius 3 is 2.06 bits per heavy atom. The van der Waals surface area contributed by atoms with Gasteiger partial charge in [-0.05, 0) is 25.7 Å². The van der Waals surface area contributed by atoms with Gasteiger partial charge in [0.05, 0.1) is 0 Å². The molecule has 2 saturated heterocycles. The Kier molecular flexibility index (Phi) is 3.12. The molecule has 0 aromatic carbocycles. The van der Waals surface area contributed by atoms with Crippen LogP contribution in [0.1, 0.15) is 25.7 Å². The average Bonchev–Trinajstić information content (AvgIpc) is 2.50. The fourth-order valence-electron chi connectivity index (χ4n) is 2.87. The summed E-state index contributed by atoms with van der Waals surface area (Å²) in [5, 5.41) is 10.9. The number of carboxylic acid groups (broad SMARTS) is 1. The Morgan fingerprint density at radius 1 is 1.17 bits per heavy atom. The van der Waals surface area contributed by atoms with E-state index in [-0.39, 0.29) is 24.9 Å². The van der Waals surface area contributed by atoms with Gasteiger partial charge < -0.3 is 15.3 Å². The first kappa shape index (κ1) is 13.0. The molecule has 0 aromatic rings. The van der Waals surface area contributed by atoms with E-state index >= 15 is 0 Å². The van der Waals surface area contributed by atoms with Gasteiger partial charge in [-0.15, -0.1) is 0 Å². The second-order valence-corrected chi connectivity index (χ2v) is 4.71. The fourth-order valence-corrected chi connectivity index (χ4v) is 2.87. The van der Waals surface area contributed by atoms with Crippen molar-refractivity contribution in [1.82, 2.24) is 10.2 Å². The molecule has 0 radical (unpaired) electrons. The third-order valence-corrected chi connectivity index (χ3v) is 3.55. The van der Waals surface area contributed by atoms with Crippen LogP contribution in [0.2, 0.25) is 0 Å². The first-order valence-electron chi connectivity index (χ1n) is 5.68. The predicted octanol–water partition coefficient (Wildman–Crippen LogP) is 1.34.